The van der Waals surface area contributed by atoms with Crippen LogP contribution in [0.2, 0.25) is 0 Å². The van der Waals surface area contributed by atoms with Crippen LogP contribution in [-0.4, -0.2) is 72.0 Å². The highest BCUT2D eigenvalue weighted by molar-refractivity contribution is 5.82. The molecule has 1 amide bonds. The summed E-state index contributed by atoms with van der Waals surface area (Å²) in [6.45, 7) is 12.5. The van der Waals surface area contributed by atoms with E-state index in [2.05, 4.69) is 24.0 Å². The first-order valence-corrected chi connectivity index (χ1v) is 16.2. The first-order chi connectivity index (χ1) is 21.9. The molecule has 6 rings (SSSR count). The predicted molar refractivity (Wildman–Crippen MR) is 176 cm³/mol. The molecule has 2 fully saturated rings. The second-order valence-electron chi connectivity index (χ2n) is 13.9. The number of carboxylic acid groups (broad SMARTS) is 1. The number of methoxy groups -OCH3 is 1. The summed E-state index contributed by atoms with van der Waals surface area (Å²) in [6, 6.07) is 16.0. The summed E-state index contributed by atoms with van der Waals surface area (Å²) in [5, 5.41) is 10.1. The summed E-state index contributed by atoms with van der Waals surface area (Å²) in [4.78, 5) is 34.0. The lowest BCUT2D eigenvalue weighted by atomic mass is 9.94. The van der Waals surface area contributed by atoms with Crippen LogP contribution in [0.25, 0.3) is 11.3 Å². The van der Waals surface area contributed by atoms with Crippen molar-refractivity contribution in [1.29, 1.82) is 0 Å². The number of aromatic nitrogens is 1. The van der Waals surface area contributed by atoms with E-state index in [0.717, 1.165) is 46.8 Å². The standard InChI is InChI=1S/C37H45N3O6/c1-23-9-7-10-29(30-11-8-12-32(38-30)40-20-27-19-37(27,34(41)42)31(40)22-44-6)33(23)45-21-26-14-13-25-15-17-39(18-16-28(25)24(26)2)35(43)46-36(3,4)5/h7-14,27,31H,15-22H2,1-6H3,(H,41,42)/t27?,31-,37-/m1/s1. The van der Waals surface area contributed by atoms with Crippen molar-refractivity contribution in [2.75, 3.05) is 38.3 Å². The average molecular weight is 628 g/mol. The van der Waals surface area contributed by atoms with E-state index in [0.29, 0.717) is 39.3 Å². The number of ether oxygens (including phenoxy) is 3. The Bertz CT molecular complexity index is 1650. The first kappa shape index (κ1) is 31.9. The third kappa shape index (κ3) is 5.93. The number of aryl methyl sites for hydroxylation is 1. The number of para-hydroxylation sites is 1. The summed E-state index contributed by atoms with van der Waals surface area (Å²) in [5.41, 5.74) is 6.24. The molecule has 9 heteroatoms. The molecule has 0 bridgehead atoms. The molecule has 1 aromatic heterocycles. The summed E-state index contributed by atoms with van der Waals surface area (Å²) in [7, 11) is 1.62. The molecule has 3 atom stereocenters. The van der Waals surface area contributed by atoms with Gasteiger partial charge in [0.15, 0.2) is 0 Å². The Labute approximate surface area is 271 Å². The van der Waals surface area contributed by atoms with Crippen LogP contribution < -0.4 is 9.64 Å². The number of benzene rings is 2. The number of hydrogen-bond acceptors (Lipinski definition) is 7. The highest BCUT2D eigenvalue weighted by atomic mass is 16.6. The smallest absolute Gasteiger partial charge is 0.410 e. The number of carboxylic acids is 1. The van der Waals surface area contributed by atoms with Crippen molar-refractivity contribution in [2.45, 2.75) is 72.1 Å². The van der Waals surface area contributed by atoms with Gasteiger partial charge >= 0.3 is 12.1 Å². The highest BCUT2D eigenvalue weighted by Crippen LogP contribution is 2.62. The molecule has 3 aliphatic rings. The predicted octanol–water partition coefficient (Wildman–Crippen LogP) is 6.21. The van der Waals surface area contributed by atoms with Crippen LogP contribution in [0.3, 0.4) is 0 Å². The number of pyridine rings is 1. The molecule has 1 N–H and O–H groups in total. The van der Waals surface area contributed by atoms with Gasteiger partial charge in [-0.1, -0.05) is 30.3 Å². The normalized spacial score (nSPS) is 22.1. The molecule has 1 unspecified atom stereocenters. The highest BCUT2D eigenvalue weighted by Gasteiger charge is 2.71. The minimum atomic E-state index is -0.759. The Balaban J connectivity index is 1.21. The quantitative estimate of drug-likeness (QED) is 0.315. The van der Waals surface area contributed by atoms with E-state index in [1.54, 1.807) is 7.11 Å². The van der Waals surface area contributed by atoms with Gasteiger partial charge in [-0.05, 0) is 106 Å². The van der Waals surface area contributed by atoms with Gasteiger partial charge in [0.05, 0.1) is 23.8 Å². The number of rotatable bonds is 8. The molecule has 1 aliphatic carbocycles. The van der Waals surface area contributed by atoms with Crippen LogP contribution in [0.4, 0.5) is 10.6 Å². The maximum atomic E-state index is 12.8. The fourth-order valence-corrected chi connectivity index (χ4v) is 7.33. The van der Waals surface area contributed by atoms with Crippen molar-refractivity contribution in [3.63, 3.8) is 0 Å². The van der Waals surface area contributed by atoms with Crippen molar-refractivity contribution in [2.24, 2.45) is 11.3 Å². The Morgan fingerprint density at radius 2 is 1.80 bits per heavy atom. The van der Waals surface area contributed by atoms with Crippen LogP contribution in [-0.2, 0) is 33.7 Å². The van der Waals surface area contributed by atoms with E-state index in [4.69, 9.17) is 19.2 Å². The summed E-state index contributed by atoms with van der Waals surface area (Å²) >= 11 is 0. The van der Waals surface area contributed by atoms with Gasteiger partial charge in [0.1, 0.15) is 23.8 Å². The zero-order chi connectivity index (χ0) is 32.8. The van der Waals surface area contributed by atoms with Crippen LogP contribution >= 0.6 is 0 Å². The monoisotopic (exact) mass is 627 g/mol. The van der Waals surface area contributed by atoms with Gasteiger partial charge in [-0.15, -0.1) is 0 Å². The fraction of sp³-hybridized carbons (Fsp3) is 0.486. The van der Waals surface area contributed by atoms with Gasteiger partial charge in [0, 0.05) is 32.3 Å². The van der Waals surface area contributed by atoms with Crippen molar-refractivity contribution in [1.82, 2.24) is 9.88 Å². The number of nitrogens with zero attached hydrogens (tertiary/aromatic N) is 3. The summed E-state index contributed by atoms with van der Waals surface area (Å²) < 4.78 is 17.7. The number of carbonyl (C=O) groups excluding carboxylic acids is 1. The number of hydrogen-bond donors (Lipinski definition) is 1. The minimum Gasteiger partial charge on any atom is -0.488 e. The van der Waals surface area contributed by atoms with E-state index < -0.39 is 17.0 Å². The Kier molecular flexibility index (Phi) is 8.48. The SMILES string of the molecule is COC[C@H]1N(c2cccc(-c3cccc(C)c3OCc3ccc4c(c3C)CCN(C(=O)OC(C)(C)C)CC4)n2)CC2C[C@@]21C(=O)O. The van der Waals surface area contributed by atoms with Gasteiger partial charge in [-0.2, -0.15) is 0 Å². The Morgan fingerprint density at radius 1 is 1.04 bits per heavy atom. The Hall–Kier alpha value is -4.11. The van der Waals surface area contributed by atoms with Crippen molar-refractivity contribution in [3.05, 3.63) is 76.3 Å². The summed E-state index contributed by atoms with van der Waals surface area (Å²) in [6.07, 6.45) is 1.98. The van der Waals surface area contributed by atoms with Gasteiger partial charge in [-0.3, -0.25) is 4.79 Å². The maximum absolute atomic E-state index is 12.8. The molecule has 0 spiro atoms. The van der Waals surface area contributed by atoms with E-state index in [1.807, 2.05) is 69.0 Å². The number of piperidine rings is 1. The zero-order valence-electron chi connectivity index (χ0n) is 27.8. The number of aliphatic carboxylic acids is 1. The number of fused-ring (bicyclic) bond motifs is 2. The second-order valence-corrected chi connectivity index (χ2v) is 13.9. The molecule has 1 saturated heterocycles. The topological polar surface area (TPSA) is 101 Å². The van der Waals surface area contributed by atoms with Crippen LogP contribution in [0, 0.1) is 25.2 Å². The molecular weight excluding hydrogens is 582 g/mol. The molecule has 1 saturated carbocycles. The minimum absolute atomic E-state index is 0.109. The molecule has 9 nitrogen and oxygen atoms in total. The lowest BCUT2D eigenvalue weighted by molar-refractivity contribution is -0.144. The zero-order valence-corrected chi connectivity index (χ0v) is 27.8. The number of amides is 1. The largest absolute Gasteiger partial charge is 0.488 e. The number of anilines is 1. The van der Waals surface area contributed by atoms with Gasteiger partial charge < -0.3 is 29.1 Å². The molecule has 3 aromatic rings. The fourth-order valence-electron chi connectivity index (χ4n) is 7.33. The van der Waals surface area contributed by atoms with Crippen molar-refractivity contribution < 1.29 is 28.9 Å². The lowest BCUT2D eigenvalue weighted by Gasteiger charge is -2.31. The summed E-state index contributed by atoms with van der Waals surface area (Å²) in [5.74, 6) is 0.887. The molecular formula is C37H45N3O6. The van der Waals surface area contributed by atoms with Crippen molar-refractivity contribution in [3.8, 4) is 17.0 Å². The van der Waals surface area contributed by atoms with Gasteiger partial charge in [0.2, 0.25) is 0 Å². The van der Waals surface area contributed by atoms with E-state index in [-0.39, 0.29) is 18.1 Å². The maximum Gasteiger partial charge on any atom is 0.410 e. The third-order valence-electron chi connectivity index (χ3n) is 9.89. The molecule has 2 aromatic carbocycles. The van der Waals surface area contributed by atoms with E-state index >= 15 is 0 Å². The molecule has 2 aliphatic heterocycles. The lowest BCUT2D eigenvalue weighted by Crippen LogP contribution is -2.43. The third-order valence-corrected chi connectivity index (χ3v) is 9.89. The van der Waals surface area contributed by atoms with Crippen LogP contribution in [0.5, 0.6) is 5.75 Å². The number of carbonyl (C=O) groups is 2. The van der Waals surface area contributed by atoms with Gasteiger partial charge in [0.25, 0.3) is 0 Å². The molecule has 244 valence electrons. The molecule has 46 heavy (non-hydrogen) atoms. The Morgan fingerprint density at radius 3 is 2.54 bits per heavy atom. The second kappa shape index (κ2) is 12.2. The first-order valence-electron chi connectivity index (χ1n) is 16.2. The van der Waals surface area contributed by atoms with Gasteiger partial charge in [-0.25, -0.2) is 9.78 Å². The van der Waals surface area contributed by atoms with Crippen molar-refractivity contribution >= 4 is 17.9 Å². The average Bonchev–Trinajstić information content (AvgIpc) is 3.71. The van der Waals surface area contributed by atoms with Crippen LogP contribution in [0.15, 0.2) is 48.5 Å². The van der Waals surface area contributed by atoms with Crippen LogP contribution in [0.1, 0.15) is 55.0 Å². The van der Waals surface area contributed by atoms with E-state index in [1.165, 1.54) is 16.7 Å². The van der Waals surface area contributed by atoms with E-state index in [9.17, 15) is 14.7 Å². The molecule has 0 radical (unpaired) electrons. The molecule has 3 heterocycles.